The summed E-state index contributed by atoms with van der Waals surface area (Å²) in [4.78, 5) is 10.1. The third-order valence-electron chi connectivity index (χ3n) is 2.13. The van der Waals surface area contributed by atoms with Gasteiger partial charge in [-0.1, -0.05) is 15.9 Å². The molecule has 0 heterocycles. The van der Waals surface area contributed by atoms with E-state index in [2.05, 4.69) is 50.7 Å². The van der Waals surface area contributed by atoms with Crippen LogP contribution in [0.4, 0.5) is 17.6 Å². The number of hydrogen-bond acceptors (Lipinski definition) is 1. The lowest BCUT2D eigenvalue weighted by molar-refractivity contribution is 0.0683. The topological polar surface area (TPSA) is 37.3 Å². The van der Waals surface area contributed by atoms with Crippen molar-refractivity contribution in [3.63, 3.8) is 0 Å². The van der Waals surface area contributed by atoms with Gasteiger partial charge in [0.25, 0.3) is 0 Å². The molecule has 1 N–H and O–H groups in total. The quantitative estimate of drug-likeness (QED) is 0.357. The van der Waals surface area contributed by atoms with Crippen LogP contribution < -0.4 is 0 Å². The van der Waals surface area contributed by atoms with Gasteiger partial charge in [0.1, 0.15) is 5.56 Å². The Balaban J connectivity index is 0.000000235. The number of benzene rings is 2. The lowest BCUT2D eigenvalue weighted by atomic mass is 10.2. The molecule has 0 unspecified atom stereocenters. The van der Waals surface area contributed by atoms with E-state index in [1.54, 1.807) is 0 Å². The van der Waals surface area contributed by atoms with E-state index in [0.717, 1.165) is 4.47 Å². The molecular weight excluding hydrogens is 471 g/mol. The Kier molecular flexibility index (Phi) is 6.59. The first-order valence-corrected chi connectivity index (χ1v) is 7.08. The van der Waals surface area contributed by atoms with E-state index in [1.807, 2.05) is 12.1 Å². The molecule has 112 valence electrons. The van der Waals surface area contributed by atoms with Crippen molar-refractivity contribution in [1.29, 1.82) is 0 Å². The van der Waals surface area contributed by atoms with Gasteiger partial charge in [-0.15, -0.1) is 0 Å². The summed E-state index contributed by atoms with van der Waals surface area (Å²) in [5.41, 5.74) is -1.63. The number of carboxylic acid groups (broad SMARTS) is 1. The lowest BCUT2D eigenvalue weighted by Crippen LogP contribution is -2.08. The number of aromatic carboxylic acids is 1. The van der Waals surface area contributed by atoms with Crippen molar-refractivity contribution >= 4 is 44.5 Å². The second kappa shape index (κ2) is 7.74. The summed E-state index contributed by atoms with van der Waals surface area (Å²) in [7, 11) is 0. The first kappa shape index (κ1) is 17.9. The maximum Gasteiger partial charge on any atom is 0.341 e. The van der Waals surface area contributed by atoms with Gasteiger partial charge in [0, 0.05) is 14.1 Å². The summed E-state index contributed by atoms with van der Waals surface area (Å²) >= 11 is 5.62. The van der Waals surface area contributed by atoms with Gasteiger partial charge >= 0.3 is 5.97 Å². The molecule has 0 saturated carbocycles. The van der Waals surface area contributed by atoms with Gasteiger partial charge in [-0.3, -0.25) is 0 Å². The standard InChI is InChI=1S/C7H2F4O2.C6H4BrI/c8-2-1-3(9)6(11)4(5(2)10)7(12)13;7-5-1-3-6(8)4-2-5/h1H,(H,12,13);1-4H. The fourth-order valence-electron chi connectivity index (χ4n) is 1.19. The third kappa shape index (κ3) is 4.95. The van der Waals surface area contributed by atoms with Crippen LogP contribution in [0.3, 0.4) is 0 Å². The lowest BCUT2D eigenvalue weighted by Gasteiger charge is -2.01. The Labute approximate surface area is 139 Å². The molecular formula is C13H6BrF4IO2. The predicted molar refractivity (Wildman–Crippen MR) is 80.1 cm³/mol. The minimum atomic E-state index is -2.06. The largest absolute Gasteiger partial charge is 0.477 e. The minimum absolute atomic E-state index is 0.0584. The zero-order valence-corrected chi connectivity index (χ0v) is 13.8. The molecule has 2 nitrogen and oxygen atoms in total. The number of carboxylic acids is 1. The van der Waals surface area contributed by atoms with Gasteiger partial charge in [-0.2, -0.15) is 0 Å². The van der Waals surface area contributed by atoms with Crippen LogP contribution in [0.1, 0.15) is 10.4 Å². The van der Waals surface area contributed by atoms with Gasteiger partial charge < -0.3 is 5.11 Å². The summed E-state index contributed by atoms with van der Waals surface area (Å²) in [6, 6.07) is 8.12. The SMILES string of the molecule is Brc1ccc(I)cc1.O=C(O)c1c(F)c(F)cc(F)c1F. The number of halogens is 6. The molecule has 2 aromatic rings. The van der Waals surface area contributed by atoms with Crippen LogP contribution in [0.5, 0.6) is 0 Å². The number of rotatable bonds is 1. The van der Waals surface area contributed by atoms with Gasteiger partial charge in [0.2, 0.25) is 0 Å². The molecule has 0 radical (unpaired) electrons. The minimum Gasteiger partial charge on any atom is -0.477 e. The first-order chi connectivity index (χ1) is 9.73. The van der Waals surface area contributed by atoms with E-state index in [0.29, 0.717) is 0 Å². The van der Waals surface area contributed by atoms with Crippen LogP contribution in [-0.2, 0) is 0 Å². The summed E-state index contributed by atoms with van der Waals surface area (Å²) in [6.07, 6.45) is 0. The molecule has 0 aliphatic carbocycles. The molecule has 0 aliphatic heterocycles. The number of carbonyl (C=O) groups is 1. The highest BCUT2D eigenvalue weighted by molar-refractivity contribution is 14.1. The van der Waals surface area contributed by atoms with Crippen molar-refractivity contribution < 1.29 is 27.5 Å². The van der Waals surface area contributed by atoms with Crippen molar-refractivity contribution in [3.05, 3.63) is 67.2 Å². The average Bonchev–Trinajstić information content (AvgIpc) is 2.40. The van der Waals surface area contributed by atoms with Crippen LogP contribution in [0.2, 0.25) is 0 Å². The Morgan fingerprint density at radius 3 is 1.76 bits per heavy atom. The molecule has 0 atom stereocenters. The summed E-state index contributed by atoms with van der Waals surface area (Å²) in [5.74, 6) is -9.36. The molecule has 2 rings (SSSR count). The van der Waals surface area contributed by atoms with Gasteiger partial charge in [0.05, 0.1) is 0 Å². The molecule has 0 saturated heterocycles. The molecule has 21 heavy (non-hydrogen) atoms. The average molecular weight is 477 g/mol. The Bertz CT molecular complexity index is 615. The maximum atomic E-state index is 12.5. The molecule has 0 aliphatic rings. The molecule has 0 fully saturated rings. The zero-order valence-electron chi connectivity index (χ0n) is 10.0. The number of hydrogen-bond donors (Lipinski definition) is 1. The zero-order chi connectivity index (χ0) is 16.2. The van der Waals surface area contributed by atoms with Crippen molar-refractivity contribution in [2.45, 2.75) is 0 Å². The van der Waals surface area contributed by atoms with Gasteiger partial charge in [-0.05, 0) is 46.9 Å². The normalized spacial score (nSPS) is 9.81. The Hall–Kier alpha value is -1.16. The van der Waals surface area contributed by atoms with Crippen molar-refractivity contribution in [3.8, 4) is 0 Å². The summed E-state index contributed by atoms with van der Waals surface area (Å²) < 4.78 is 52.1. The van der Waals surface area contributed by atoms with E-state index < -0.39 is 34.8 Å². The van der Waals surface area contributed by atoms with E-state index in [-0.39, 0.29) is 6.07 Å². The van der Waals surface area contributed by atoms with Crippen molar-refractivity contribution in [1.82, 2.24) is 0 Å². The van der Waals surface area contributed by atoms with E-state index >= 15 is 0 Å². The molecule has 8 heteroatoms. The van der Waals surface area contributed by atoms with E-state index in [1.165, 1.54) is 3.57 Å². The van der Waals surface area contributed by atoms with Crippen LogP contribution >= 0.6 is 38.5 Å². The van der Waals surface area contributed by atoms with Gasteiger partial charge in [-0.25, -0.2) is 22.4 Å². The van der Waals surface area contributed by atoms with E-state index in [9.17, 15) is 22.4 Å². The molecule has 0 aromatic heterocycles. The molecule has 0 amide bonds. The van der Waals surface area contributed by atoms with Crippen LogP contribution in [0.25, 0.3) is 0 Å². The second-order valence-electron chi connectivity index (χ2n) is 3.58. The van der Waals surface area contributed by atoms with Crippen LogP contribution in [0.15, 0.2) is 34.8 Å². The highest BCUT2D eigenvalue weighted by atomic mass is 127. The molecule has 2 aromatic carbocycles. The Morgan fingerprint density at radius 1 is 1.00 bits per heavy atom. The fraction of sp³-hybridized carbons (Fsp3) is 0. The highest BCUT2D eigenvalue weighted by Crippen LogP contribution is 2.18. The maximum absolute atomic E-state index is 12.5. The van der Waals surface area contributed by atoms with Crippen LogP contribution in [0, 0.1) is 26.8 Å². The third-order valence-corrected chi connectivity index (χ3v) is 3.38. The van der Waals surface area contributed by atoms with Crippen molar-refractivity contribution in [2.75, 3.05) is 0 Å². The molecule has 0 spiro atoms. The summed E-state index contributed by atoms with van der Waals surface area (Å²) in [5, 5.41) is 8.18. The Morgan fingerprint density at radius 2 is 1.43 bits per heavy atom. The molecule has 0 bridgehead atoms. The first-order valence-electron chi connectivity index (χ1n) is 5.21. The summed E-state index contributed by atoms with van der Waals surface area (Å²) in [6.45, 7) is 0. The smallest absolute Gasteiger partial charge is 0.341 e. The van der Waals surface area contributed by atoms with Crippen molar-refractivity contribution in [2.24, 2.45) is 0 Å². The highest BCUT2D eigenvalue weighted by Gasteiger charge is 2.23. The predicted octanol–water partition coefficient (Wildman–Crippen LogP) is 4.99. The monoisotopic (exact) mass is 476 g/mol. The fourth-order valence-corrected chi connectivity index (χ4v) is 1.81. The van der Waals surface area contributed by atoms with E-state index in [4.69, 9.17) is 5.11 Å². The van der Waals surface area contributed by atoms with Crippen LogP contribution in [-0.4, -0.2) is 11.1 Å². The second-order valence-corrected chi connectivity index (χ2v) is 5.75. The van der Waals surface area contributed by atoms with Gasteiger partial charge in [0.15, 0.2) is 23.3 Å².